The quantitative estimate of drug-likeness (QED) is 0.433. The van der Waals surface area contributed by atoms with Gasteiger partial charge in [-0.15, -0.1) is 0 Å². The van der Waals surface area contributed by atoms with E-state index in [0.29, 0.717) is 27.4 Å². The van der Waals surface area contributed by atoms with E-state index in [9.17, 15) is 18.0 Å². The Morgan fingerprint density at radius 1 is 0.879 bits per heavy atom. The fraction of sp³-hybridized carbons (Fsp3) is 0.130. The summed E-state index contributed by atoms with van der Waals surface area (Å²) in [4.78, 5) is 24.6. The first-order valence-electron chi connectivity index (χ1n) is 9.85. The maximum Gasteiger partial charge on any atom is 0.316 e. The van der Waals surface area contributed by atoms with Crippen LogP contribution in [-0.2, 0) is 24.1 Å². The Labute approximate surface area is 194 Å². The van der Waals surface area contributed by atoms with Gasteiger partial charge in [-0.3, -0.25) is 14.3 Å². The predicted octanol–water partition coefficient (Wildman–Crippen LogP) is 3.79. The molecule has 0 saturated heterocycles. The summed E-state index contributed by atoms with van der Waals surface area (Å²) in [5, 5.41) is 0.314. The lowest BCUT2D eigenvalue weighted by Gasteiger charge is -2.18. The molecule has 0 amide bonds. The second-order valence-corrected chi connectivity index (χ2v) is 9.51. The minimum absolute atomic E-state index is 0.00936. The van der Waals surface area contributed by atoms with Crippen LogP contribution < -0.4 is 20.6 Å². The summed E-state index contributed by atoms with van der Waals surface area (Å²) in [6.45, 7) is 1.61. The third-order valence-electron chi connectivity index (χ3n) is 5.31. The van der Waals surface area contributed by atoms with Gasteiger partial charge in [0.15, 0.2) is 5.75 Å². The highest BCUT2D eigenvalue weighted by Crippen LogP contribution is 2.35. The number of para-hydroxylation sites is 1. The number of ether oxygens (including phenoxy) is 1. The van der Waals surface area contributed by atoms with Gasteiger partial charge < -0.3 is 13.9 Å². The second-order valence-electron chi connectivity index (χ2n) is 7.45. The Balaban J connectivity index is 1.95. The number of halogens is 1. The normalized spacial score (nSPS) is 11.5. The average molecular weight is 486 g/mol. The molecule has 1 aromatic heterocycles. The standard InChI is InChI=1S/C23H20ClN3O5S/c1-14-16(24)10-7-11-21(14)33(30,31)25-17-12-18-19(27(3)23(29)22(28)26(18)2)13-20(17)32-15-8-5-4-6-9-15/h4-13,25H,1-3H3. The smallest absolute Gasteiger partial charge is 0.316 e. The van der Waals surface area contributed by atoms with Crippen molar-refractivity contribution in [3.8, 4) is 11.5 Å². The van der Waals surface area contributed by atoms with Crippen LogP contribution in [0, 0.1) is 6.92 Å². The molecule has 8 nitrogen and oxygen atoms in total. The molecule has 0 aliphatic heterocycles. The fourth-order valence-corrected chi connectivity index (χ4v) is 5.02. The van der Waals surface area contributed by atoms with Crippen LogP contribution in [0.25, 0.3) is 11.0 Å². The van der Waals surface area contributed by atoms with Crippen LogP contribution in [0.1, 0.15) is 5.56 Å². The van der Waals surface area contributed by atoms with E-state index < -0.39 is 21.1 Å². The van der Waals surface area contributed by atoms with E-state index in [0.717, 1.165) is 0 Å². The molecule has 33 heavy (non-hydrogen) atoms. The molecule has 4 rings (SSSR count). The number of nitrogens with zero attached hydrogens (tertiary/aromatic N) is 2. The highest BCUT2D eigenvalue weighted by Gasteiger charge is 2.22. The zero-order chi connectivity index (χ0) is 23.9. The Hall–Kier alpha value is -3.56. The number of hydrogen-bond donors (Lipinski definition) is 1. The van der Waals surface area contributed by atoms with Crippen LogP contribution in [0.5, 0.6) is 11.5 Å². The van der Waals surface area contributed by atoms with Crippen LogP contribution in [-0.4, -0.2) is 17.6 Å². The summed E-state index contributed by atoms with van der Waals surface area (Å²) in [5.41, 5.74) is -0.204. The highest BCUT2D eigenvalue weighted by atomic mass is 35.5. The van der Waals surface area contributed by atoms with Gasteiger partial charge in [-0.05, 0) is 42.8 Å². The monoisotopic (exact) mass is 485 g/mol. The van der Waals surface area contributed by atoms with Crippen LogP contribution >= 0.6 is 11.6 Å². The topological polar surface area (TPSA) is 99.4 Å². The molecule has 10 heteroatoms. The van der Waals surface area contributed by atoms with E-state index in [1.165, 1.54) is 41.4 Å². The molecule has 0 spiro atoms. The Kier molecular flexibility index (Phi) is 5.77. The van der Waals surface area contributed by atoms with Gasteiger partial charge in [-0.1, -0.05) is 35.9 Å². The molecule has 0 atom stereocenters. The summed E-state index contributed by atoms with van der Waals surface area (Å²) >= 11 is 6.12. The molecule has 3 aromatic carbocycles. The largest absolute Gasteiger partial charge is 0.455 e. The van der Waals surface area contributed by atoms with Crippen molar-refractivity contribution >= 4 is 38.3 Å². The highest BCUT2D eigenvalue weighted by molar-refractivity contribution is 7.92. The number of anilines is 1. The number of aromatic nitrogens is 2. The first kappa shape index (κ1) is 22.6. The summed E-state index contributed by atoms with van der Waals surface area (Å²) < 4.78 is 37.4. The number of fused-ring (bicyclic) bond motifs is 1. The number of rotatable bonds is 5. The summed E-state index contributed by atoms with van der Waals surface area (Å²) in [6.07, 6.45) is 0. The molecule has 170 valence electrons. The molecule has 0 aliphatic carbocycles. The zero-order valence-electron chi connectivity index (χ0n) is 18.0. The third-order valence-corrected chi connectivity index (χ3v) is 7.23. The fourth-order valence-electron chi connectivity index (χ4n) is 3.46. The van der Waals surface area contributed by atoms with E-state index in [1.807, 2.05) is 6.07 Å². The van der Waals surface area contributed by atoms with Crippen LogP contribution in [0.2, 0.25) is 5.02 Å². The molecule has 1 N–H and O–H groups in total. The summed E-state index contributed by atoms with van der Waals surface area (Å²) in [7, 11) is -1.14. The lowest BCUT2D eigenvalue weighted by molar-refractivity contribution is 0.485. The molecule has 0 fully saturated rings. The number of sulfonamides is 1. The van der Waals surface area contributed by atoms with E-state index in [1.54, 1.807) is 43.3 Å². The van der Waals surface area contributed by atoms with Gasteiger partial charge in [0.05, 0.1) is 21.6 Å². The minimum atomic E-state index is -4.06. The molecule has 0 bridgehead atoms. The van der Waals surface area contributed by atoms with Crippen molar-refractivity contribution in [3.63, 3.8) is 0 Å². The molecule has 0 saturated carbocycles. The number of benzene rings is 3. The van der Waals surface area contributed by atoms with Crippen molar-refractivity contribution in [2.45, 2.75) is 11.8 Å². The van der Waals surface area contributed by atoms with Crippen molar-refractivity contribution in [3.05, 3.63) is 92.0 Å². The average Bonchev–Trinajstić information content (AvgIpc) is 2.79. The maximum atomic E-state index is 13.2. The van der Waals surface area contributed by atoms with E-state index >= 15 is 0 Å². The molecule has 0 radical (unpaired) electrons. The van der Waals surface area contributed by atoms with Crippen LogP contribution in [0.3, 0.4) is 0 Å². The van der Waals surface area contributed by atoms with Gasteiger partial charge in [-0.25, -0.2) is 8.42 Å². The lowest BCUT2D eigenvalue weighted by Crippen LogP contribution is -2.39. The van der Waals surface area contributed by atoms with Crippen molar-refractivity contribution in [2.75, 3.05) is 4.72 Å². The van der Waals surface area contributed by atoms with E-state index in [-0.39, 0.29) is 16.3 Å². The molecular weight excluding hydrogens is 466 g/mol. The summed E-state index contributed by atoms with van der Waals surface area (Å²) in [5.74, 6) is 0.622. The van der Waals surface area contributed by atoms with Gasteiger partial charge in [0.2, 0.25) is 0 Å². The Bertz CT molecular complexity index is 1610. The molecule has 0 unspecified atom stereocenters. The maximum absolute atomic E-state index is 13.2. The van der Waals surface area contributed by atoms with Crippen LogP contribution in [0.15, 0.2) is 75.1 Å². The van der Waals surface area contributed by atoms with Gasteiger partial charge in [0.1, 0.15) is 5.75 Å². The van der Waals surface area contributed by atoms with Crippen molar-refractivity contribution in [2.24, 2.45) is 14.1 Å². The number of nitrogens with one attached hydrogen (secondary N) is 1. The van der Waals surface area contributed by atoms with Crippen molar-refractivity contribution in [1.29, 1.82) is 0 Å². The predicted molar refractivity (Wildman–Crippen MR) is 128 cm³/mol. The molecular formula is C23H20ClN3O5S. The minimum Gasteiger partial charge on any atom is -0.455 e. The second kappa shape index (κ2) is 8.42. The third kappa shape index (κ3) is 4.12. The van der Waals surface area contributed by atoms with E-state index in [2.05, 4.69) is 4.72 Å². The van der Waals surface area contributed by atoms with Gasteiger partial charge in [-0.2, -0.15) is 0 Å². The Morgan fingerprint density at radius 3 is 2.12 bits per heavy atom. The van der Waals surface area contributed by atoms with Crippen molar-refractivity contribution < 1.29 is 13.2 Å². The zero-order valence-corrected chi connectivity index (χ0v) is 19.6. The molecule has 0 aliphatic rings. The first-order chi connectivity index (χ1) is 15.6. The van der Waals surface area contributed by atoms with Gasteiger partial charge >= 0.3 is 11.1 Å². The SMILES string of the molecule is Cc1c(Cl)cccc1S(=O)(=O)Nc1cc2c(cc1Oc1ccccc1)n(C)c(=O)c(=O)n2C. The number of hydrogen-bond acceptors (Lipinski definition) is 5. The van der Waals surface area contributed by atoms with E-state index in [4.69, 9.17) is 16.3 Å². The first-order valence-corrected chi connectivity index (χ1v) is 11.7. The lowest BCUT2D eigenvalue weighted by atomic mass is 10.2. The number of aryl methyl sites for hydroxylation is 2. The van der Waals surface area contributed by atoms with Crippen molar-refractivity contribution in [1.82, 2.24) is 9.13 Å². The van der Waals surface area contributed by atoms with Gasteiger partial charge in [0.25, 0.3) is 10.0 Å². The Morgan fingerprint density at radius 2 is 1.48 bits per heavy atom. The molecule has 4 aromatic rings. The van der Waals surface area contributed by atoms with Crippen LogP contribution in [0.4, 0.5) is 5.69 Å². The van der Waals surface area contributed by atoms with Gasteiger partial charge in [0, 0.05) is 25.2 Å². The molecule has 1 heterocycles. The summed E-state index contributed by atoms with van der Waals surface area (Å²) in [6, 6.07) is 16.4.